The highest BCUT2D eigenvalue weighted by atomic mass is 16.4. The van der Waals surface area contributed by atoms with Gasteiger partial charge in [0.25, 0.3) is 0 Å². The summed E-state index contributed by atoms with van der Waals surface area (Å²) in [5, 5.41) is 26.2. The molecule has 0 bridgehead atoms. The van der Waals surface area contributed by atoms with Crippen molar-refractivity contribution in [2.45, 2.75) is 31.9 Å². The fourth-order valence-electron chi connectivity index (χ4n) is 0.637. The van der Waals surface area contributed by atoms with Gasteiger partial charge in [0.15, 0.2) is 5.78 Å². The highest BCUT2D eigenvalue weighted by Crippen LogP contribution is 1.99. The van der Waals surface area contributed by atoms with Crippen molar-refractivity contribution in [2.24, 2.45) is 0 Å². The average Bonchev–Trinajstić information content (AvgIpc) is 2.11. The smallest absolute Gasteiger partial charge is 0.164 e. The molecule has 0 saturated heterocycles. The molecule has 0 fully saturated rings. The predicted octanol–water partition coefficient (Wildman–Crippen LogP) is -0.930. The zero-order valence-electron chi connectivity index (χ0n) is 7.23. The van der Waals surface area contributed by atoms with E-state index in [2.05, 4.69) is 0 Å². The summed E-state index contributed by atoms with van der Waals surface area (Å²) in [6, 6.07) is 0. The van der Waals surface area contributed by atoms with Crippen LogP contribution >= 0.6 is 0 Å². The van der Waals surface area contributed by atoms with Crippen molar-refractivity contribution in [1.82, 2.24) is 0 Å². The Morgan fingerprint density at radius 3 is 2.73 bits per heavy atom. The zero-order chi connectivity index (χ0) is 9.56. The molecule has 0 radical (unpaired) electrons. The van der Waals surface area contributed by atoms with Crippen molar-refractivity contribution in [2.75, 3.05) is 6.61 Å². The molecule has 0 rings (SSSR count). The van der Waals surface area contributed by atoms with E-state index in [1.54, 1.807) is 0 Å². The lowest BCUT2D eigenvalue weighted by atomic mass is 10.1. The molecule has 0 aromatic heterocycles. The van der Waals surface area contributed by atoms with Crippen molar-refractivity contribution in [3.05, 3.63) is 0 Å². The van der Waals surface area contributed by atoms with Crippen LogP contribution in [0.5, 0.6) is 0 Å². The van der Waals surface area contributed by atoms with E-state index in [1.807, 2.05) is 0 Å². The monoisotopic (exact) mass is 163 g/mol. The number of aliphatic hydroxyl groups excluding tert-OH is 3. The summed E-state index contributed by atoms with van der Waals surface area (Å²) in [5.74, 6) is -0.524. The fraction of sp³-hybridized carbons (Fsp3) is 0.857. The predicted molar refractivity (Wildman–Crippen MR) is 39.0 cm³/mol. The Labute approximate surface area is 66.9 Å². The summed E-state index contributed by atoms with van der Waals surface area (Å²) in [5.41, 5.74) is 0. The third-order valence-corrected chi connectivity index (χ3v) is 1.30. The van der Waals surface area contributed by atoms with Crippen LogP contribution in [0.4, 0.5) is 0 Å². The minimum absolute atomic E-state index is 0.0712. The Kier molecular flexibility index (Phi) is 4.11. The van der Waals surface area contributed by atoms with Gasteiger partial charge in [-0.2, -0.15) is 0 Å². The van der Waals surface area contributed by atoms with Crippen LogP contribution in [-0.2, 0) is 4.79 Å². The highest BCUT2D eigenvalue weighted by molar-refractivity contribution is 5.83. The first-order chi connectivity index (χ1) is 5.63. The van der Waals surface area contributed by atoms with Crippen LogP contribution in [0.2, 0.25) is 0 Å². The molecule has 4 nitrogen and oxygen atoms in total. The second-order valence-corrected chi connectivity index (χ2v) is 2.26. The van der Waals surface area contributed by atoms with Gasteiger partial charge in [-0.1, -0.05) is 6.90 Å². The third kappa shape index (κ3) is 3.46. The van der Waals surface area contributed by atoms with Crippen LogP contribution in [0.1, 0.15) is 21.1 Å². The summed E-state index contributed by atoms with van der Waals surface area (Å²) in [4.78, 5) is 10.9. The van der Waals surface area contributed by atoms with Gasteiger partial charge in [-0.25, -0.2) is 0 Å². The van der Waals surface area contributed by atoms with Crippen molar-refractivity contribution in [1.29, 1.82) is 0 Å². The lowest BCUT2D eigenvalue weighted by Crippen LogP contribution is -2.36. The molecule has 0 aromatic carbocycles. The summed E-state index contributed by atoms with van der Waals surface area (Å²) in [7, 11) is 0. The Morgan fingerprint density at radius 2 is 2.27 bits per heavy atom. The topological polar surface area (TPSA) is 77.8 Å². The number of ketones is 1. The number of carbonyl (C=O) groups is 1. The largest absolute Gasteiger partial charge is 0.394 e. The Hall–Kier alpha value is -0.450. The van der Waals surface area contributed by atoms with E-state index in [0.717, 1.165) is 0 Å². The Morgan fingerprint density at radius 1 is 1.64 bits per heavy atom. The molecular formula is C7H14O4. The van der Waals surface area contributed by atoms with Crippen molar-refractivity contribution in [3.63, 3.8) is 0 Å². The van der Waals surface area contributed by atoms with Crippen molar-refractivity contribution < 1.29 is 21.5 Å². The van der Waals surface area contributed by atoms with E-state index in [-0.39, 0.29) is 13.3 Å². The van der Waals surface area contributed by atoms with E-state index in [9.17, 15) is 4.79 Å². The van der Waals surface area contributed by atoms with E-state index in [4.69, 9.17) is 16.7 Å². The van der Waals surface area contributed by atoms with E-state index < -0.39 is 24.6 Å². The minimum atomic E-state index is -1.51. The van der Waals surface area contributed by atoms with Crippen molar-refractivity contribution >= 4 is 5.78 Å². The number of rotatable bonds is 5. The van der Waals surface area contributed by atoms with Gasteiger partial charge in [0.05, 0.1) is 6.61 Å². The van der Waals surface area contributed by atoms with Gasteiger partial charge >= 0.3 is 0 Å². The lowest BCUT2D eigenvalue weighted by Gasteiger charge is -2.13. The second-order valence-electron chi connectivity index (χ2n) is 2.26. The summed E-state index contributed by atoms with van der Waals surface area (Å²) >= 11 is 0. The second kappa shape index (κ2) is 5.23. The highest BCUT2D eigenvalue weighted by Gasteiger charge is 2.21. The zero-order valence-corrected chi connectivity index (χ0v) is 6.23. The van der Waals surface area contributed by atoms with Crippen LogP contribution in [0.15, 0.2) is 0 Å². The van der Waals surface area contributed by atoms with Crippen molar-refractivity contribution in [3.8, 4) is 0 Å². The number of Topliss-reactive ketones (excluding diaryl/α,β-unsaturated/α-hetero) is 1. The standard InChI is InChI=1S/C7H14O4/c1-2-3-5(9)7(11)6(10)4-8/h6-8,10-11H,2-4H2,1H3/t6-,7+/m1/s1/i1D. The van der Waals surface area contributed by atoms with Gasteiger partial charge in [0, 0.05) is 7.79 Å². The molecule has 11 heavy (non-hydrogen) atoms. The lowest BCUT2D eigenvalue weighted by molar-refractivity contribution is -0.134. The molecule has 2 atom stereocenters. The molecule has 0 aromatic rings. The maximum absolute atomic E-state index is 10.9. The molecule has 0 spiro atoms. The van der Waals surface area contributed by atoms with E-state index in [1.165, 1.54) is 0 Å². The molecule has 0 aliphatic heterocycles. The summed E-state index contributed by atoms with van der Waals surface area (Å²) in [6.45, 7) is -0.512. The number of carbonyl (C=O) groups excluding carboxylic acids is 1. The molecule has 3 N–H and O–H groups in total. The summed E-state index contributed by atoms with van der Waals surface area (Å²) in [6.07, 6.45) is -2.47. The van der Waals surface area contributed by atoms with Gasteiger partial charge in [-0.05, 0) is 6.42 Å². The minimum Gasteiger partial charge on any atom is -0.394 e. The molecule has 4 heteroatoms. The molecule has 0 unspecified atom stereocenters. The Balaban J connectivity index is 3.75. The molecule has 0 aliphatic carbocycles. The number of hydrogen-bond acceptors (Lipinski definition) is 4. The molecular weight excluding hydrogens is 148 g/mol. The number of aliphatic hydroxyl groups is 3. The van der Waals surface area contributed by atoms with E-state index >= 15 is 0 Å². The van der Waals surface area contributed by atoms with Crippen LogP contribution in [0.25, 0.3) is 0 Å². The van der Waals surface area contributed by atoms with Crippen LogP contribution in [-0.4, -0.2) is 39.9 Å². The van der Waals surface area contributed by atoms with Gasteiger partial charge in [0.2, 0.25) is 0 Å². The maximum atomic E-state index is 10.9. The molecule has 0 heterocycles. The maximum Gasteiger partial charge on any atom is 0.164 e. The first-order valence-electron chi connectivity index (χ1n) is 4.13. The molecule has 0 aliphatic rings. The SMILES string of the molecule is [2H]CCCC(=O)[C@H](O)[C@H](O)CO. The van der Waals surface area contributed by atoms with Gasteiger partial charge in [0.1, 0.15) is 12.2 Å². The first kappa shape index (κ1) is 8.64. The molecule has 66 valence electrons. The Bertz CT molecular complexity index is 139. The third-order valence-electron chi connectivity index (χ3n) is 1.30. The molecule has 0 saturated carbocycles. The summed E-state index contributed by atoms with van der Waals surface area (Å²) < 4.78 is 6.74. The first-order valence-corrected chi connectivity index (χ1v) is 3.42. The molecule has 0 amide bonds. The van der Waals surface area contributed by atoms with Crippen LogP contribution < -0.4 is 0 Å². The number of hydrogen-bond donors (Lipinski definition) is 3. The van der Waals surface area contributed by atoms with E-state index in [0.29, 0.717) is 6.42 Å². The average molecular weight is 163 g/mol. The van der Waals surface area contributed by atoms with Gasteiger partial charge in [-0.15, -0.1) is 0 Å². The fourth-order valence-corrected chi connectivity index (χ4v) is 0.637. The normalized spacial score (nSPS) is 17.2. The quantitative estimate of drug-likeness (QED) is 0.489. The van der Waals surface area contributed by atoms with Gasteiger partial charge in [-0.3, -0.25) is 4.79 Å². The van der Waals surface area contributed by atoms with Crippen LogP contribution in [0, 0.1) is 0 Å². The van der Waals surface area contributed by atoms with Crippen LogP contribution in [0.3, 0.4) is 0 Å². The van der Waals surface area contributed by atoms with Gasteiger partial charge < -0.3 is 15.3 Å².